The molecular weight excluding hydrogens is 376 g/mol. The molecule has 0 saturated heterocycles. The molecule has 0 aliphatic heterocycles. The van der Waals surface area contributed by atoms with Crippen molar-refractivity contribution in [3.63, 3.8) is 0 Å². The molecule has 0 rings (SSSR count). The van der Waals surface area contributed by atoms with Gasteiger partial charge in [-0.05, 0) is 46.0 Å². The number of aliphatic hydroxyl groups excluding tert-OH is 1. The standard InChI is InChI=1S/C26H54O4/c1-7-11-13-15-20-29-25(5,17-9-3)19-22-28-24(27)23-26(6,18-10-4)30-21-16-14-12-8-2/h24,27H,7-23H2,1-6H3. The number of hydrogen-bond acceptors (Lipinski definition) is 4. The Balaban J connectivity index is 4.36. The van der Waals surface area contributed by atoms with E-state index in [0.717, 1.165) is 58.2 Å². The van der Waals surface area contributed by atoms with Crippen molar-refractivity contribution in [2.75, 3.05) is 19.8 Å². The summed E-state index contributed by atoms with van der Waals surface area (Å²) in [5.41, 5.74) is -0.480. The van der Waals surface area contributed by atoms with Crippen molar-refractivity contribution in [2.45, 2.75) is 149 Å². The summed E-state index contributed by atoms with van der Waals surface area (Å²) in [6, 6.07) is 0. The van der Waals surface area contributed by atoms with Gasteiger partial charge in [-0.25, -0.2) is 0 Å². The number of ether oxygens (including phenoxy) is 3. The minimum atomic E-state index is -0.785. The van der Waals surface area contributed by atoms with Crippen molar-refractivity contribution >= 4 is 0 Å². The Morgan fingerprint density at radius 2 is 1.10 bits per heavy atom. The largest absolute Gasteiger partial charge is 0.375 e. The average Bonchev–Trinajstić information content (AvgIpc) is 2.68. The predicted octanol–water partition coefficient (Wildman–Crippen LogP) is 7.41. The summed E-state index contributed by atoms with van der Waals surface area (Å²) in [5.74, 6) is 0. The van der Waals surface area contributed by atoms with E-state index in [0.29, 0.717) is 13.0 Å². The molecule has 0 aromatic rings. The maximum atomic E-state index is 10.5. The topological polar surface area (TPSA) is 47.9 Å². The van der Waals surface area contributed by atoms with Crippen LogP contribution in [0.3, 0.4) is 0 Å². The molecule has 0 aromatic carbocycles. The first kappa shape index (κ1) is 29.8. The van der Waals surface area contributed by atoms with Gasteiger partial charge in [-0.2, -0.15) is 0 Å². The van der Waals surface area contributed by atoms with Gasteiger partial charge in [0.1, 0.15) is 0 Å². The van der Waals surface area contributed by atoms with Crippen molar-refractivity contribution in [1.29, 1.82) is 0 Å². The zero-order chi connectivity index (χ0) is 22.7. The Morgan fingerprint density at radius 3 is 1.60 bits per heavy atom. The van der Waals surface area contributed by atoms with Gasteiger partial charge < -0.3 is 19.3 Å². The lowest BCUT2D eigenvalue weighted by atomic mass is 9.95. The second kappa shape index (κ2) is 18.4. The fourth-order valence-electron chi connectivity index (χ4n) is 4.09. The van der Waals surface area contributed by atoms with Crippen LogP contribution in [0, 0.1) is 0 Å². The number of hydrogen-bond donors (Lipinski definition) is 1. The normalized spacial score (nSPS) is 16.9. The summed E-state index contributed by atoms with van der Waals surface area (Å²) < 4.78 is 18.2. The molecule has 182 valence electrons. The van der Waals surface area contributed by atoms with Gasteiger partial charge in [0, 0.05) is 19.6 Å². The van der Waals surface area contributed by atoms with Crippen molar-refractivity contribution < 1.29 is 19.3 Å². The second-order valence-electron chi connectivity index (χ2n) is 9.50. The van der Waals surface area contributed by atoms with E-state index in [4.69, 9.17) is 14.2 Å². The smallest absolute Gasteiger partial charge is 0.157 e. The van der Waals surface area contributed by atoms with Gasteiger partial charge in [-0.15, -0.1) is 0 Å². The van der Waals surface area contributed by atoms with Gasteiger partial charge in [0.25, 0.3) is 0 Å². The van der Waals surface area contributed by atoms with Crippen LogP contribution in [0.5, 0.6) is 0 Å². The SMILES string of the molecule is CCCCCCOC(C)(CCC)CCOC(O)CC(C)(CCC)OCCCCCC. The third-order valence-corrected chi connectivity index (χ3v) is 6.00. The Morgan fingerprint density at radius 1 is 0.600 bits per heavy atom. The van der Waals surface area contributed by atoms with E-state index in [9.17, 15) is 5.11 Å². The van der Waals surface area contributed by atoms with Crippen LogP contribution < -0.4 is 0 Å². The van der Waals surface area contributed by atoms with E-state index >= 15 is 0 Å². The first-order valence-corrected chi connectivity index (χ1v) is 12.9. The Bertz CT molecular complexity index is 376. The molecule has 0 fully saturated rings. The van der Waals surface area contributed by atoms with Crippen molar-refractivity contribution in [3.8, 4) is 0 Å². The minimum absolute atomic E-state index is 0.164. The minimum Gasteiger partial charge on any atom is -0.375 e. The molecule has 0 heterocycles. The molecule has 0 aromatic heterocycles. The summed E-state index contributed by atoms with van der Waals surface area (Å²) in [6.07, 6.45) is 14.3. The molecule has 3 unspecified atom stereocenters. The highest BCUT2D eigenvalue weighted by Crippen LogP contribution is 2.27. The molecule has 1 N–H and O–H groups in total. The lowest BCUT2D eigenvalue weighted by Gasteiger charge is -2.33. The van der Waals surface area contributed by atoms with E-state index in [1.807, 2.05) is 0 Å². The van der Waals surface area contributed by atoms with Crippen molar-refractivity contribution in [1.82, 2.24) is 0 Å². The number of unbranched alkanes of at least 4 members (excludes halogenated alkanes) is 6. The van der Waals surface area contributed by atoms with E-state index in [2.05, 4.69) is 41.5 Å². The number of aliphatic hydroxyl groups is 1. The fourth-order valence-corrected chi connectivity index (χ4v) is 4.09. The quantitative estimate of drug-likeness (QED) is 0.143. The number of rotatable bonds is 22. The average molecular weight is 431 g/mol. The fraction of sp³-hybridized carbons (Fsp3) is 1.00. The molecule has 0 amide bonds. The van der Waals surface area contributed by atoms with Crippen LogP contribution in [0.1, 0.15) is 131 Å². The summed E-state index contributed by atoms with van der Waals surface area (Å²) >= 11 is 0. The maximum absolute atomic E-state index is 10.5. The van der Waals surface area contributed by atoms with Crippen LogP contribution >= 0.6 is 0 Å². The zero-order valence-corrected chi connectivity index (χ0v) is 21.3. The molecular formula is C26H54O4. The molecule has 0 bridgehead atoms. The van der Waals surface area contributed by atoms with Gasteiger partial charge >= 0.3 is 0 Å². The lowest BCUT2D eigenvalue weighted by Crippen LogP contribution is -2.36. The third-order valence-electron chi connectivity index (χ3n) is 6.00. The van der Waals surface area contributed by atoms with Crippen LogP contribution in [-0.2, 0) is 14.2 Å². The molecule has 4 nitrogen and oxygen atoms in total. The molecule has 30 heavy (non-hydrogen) atoms. The summed E-state index contributed by atoms with van der Waals surface area (Å²) in [4.78, 5) is 0. The van der Waals surface area contributed by atoms with E-state index < -0.39 is 6.29 Å². The first-order chi connectivity index (χ1) is 14.3. The highest BCUT2D eigenvalue weighted by Gasteiger charge is 2.29. The Labute approximate surface area is 188 Å². The molecule has 4 heteroatoms. The Kier molecular flexibility index (Phi) is 18.3. The van der Waals surface area contributed by atoms with Gasteiger partial charge in [0.2, 0.25) is 0 Å². The van der Waals surface area contributed by atoms with Gasteiger partial charge in [0.15, 0.2) is 6.29 Å². The summed E-state index contributed by atoms with van der Waals surface area (Å²) in [6.45, 7) is 15.2. The van der Waals surface area contributed by atoms with Crippen LogP contribution in [0.2, 0.25) is 0 Å². The molecule has 3 atom stereocenters. The van der Waals surface area contributed by atoms with E-state index in [1.54, 1.807) is 0 Å². The first-order valence-electron chi connectivity index (χ1n) is 12.9. The van der Waals surface area contributed by atoms with Gasteiger partial charge in [-0.3, -0.25) is 0 Å². The lowest BCUT2D eigenvalue weighted by molar-refractivity contribution is -0.163. The van der Waals surface area contributed by atoms with E-state index in [1.165, 1.54) is 38.5 Å². The van der Waals surface area contributed by atoms with Gasteiger partial charge in [0.05, 0.1) is 17.8 Å². The highest BCUT2D eigenvalue weighted by molar-refractivity contribution is 4.78. The predicted molar refractivity (Wildman–Crippen MR) is 128 cm³/mol. The van der Waals surface area contributed by atoms with Crippen molar-refractivity contribution in [2.24, 2.45) is 0 Å². The van der Waals surface area contributed by atoms with Crippen LogP contribution in [-0.4, -0.2) is 42.4 Å². The molecule has 0 spiro atoms. The molecule has 0 aliphatic rings. The maximum Gasteiger partial charge on any atom is 0.157 e. The third kappa shape index (κ3) is 15.6. The highest BCUT2D eigenvalue weighted by atomic mass is 16.6. The zero-order valence-electron chi connectivity index (χ0n) is 21.3. The van der Waals surface area contributed by atoms with Gasteiger partial charge in [-0.1, -0.05) is 79.1 Å². The van der Waals surface area contributed by atoms with Crippen LogP contribution in [0.15, 0.2) is 0 Å². The summed E-state index contributed by atoms with van der Waals surface area (Å²) in [7, 11) is 0. The monoisotopic (exact) mass is 430 g/mol. The molecule has 0 aliphatic carbocycles. The molecule has 0 saturated carbocycles. The summed E-state index contributed by atoms with van der Waals surface area (Å²) in [5, 5.41) is 10.5. The van der Waals surface area contributed by atoms with Crippen LogP contribution in [0.4, 0.5) is 0 Å². The Hall–Kier alpha value is -0.160. The molecule has 0 radical (unpaired) electrons. The second-order valence-corrected chi connectivity index (χ2v) is 9.50. The van der Waals surface area contributed by atoms with E-state index in [-0.39, 0.29) is 11.2 Å². The van der Waals surface area contributed by atoms with Crippen molar-refractivity contribution in [3.05, 3.63) is 0 Å². The van der Waals surface area contributed by atoms with Crippen LogP contribution in [0.25, 0.3) is 0 Å².